The Morgan fingerprint density at radius 1 is 1.38 bits per heavy atom. The van der Waals surface area contributed by atoms with E-state index in [1.807, 2.05) is 6.92 Å². The number of halogens is 1. The van der Waals surface area contributed by atoms with Crippen LogP contribution in [0, 0.1) is 23.6 Å². The minimum atomic E-state index is -0.847. The Kier molecular flexibility index (Phi) is 8.34. The fraction of sp³-hybridized carbons (Fsp3) is 0.444. The molecule has 6 heteroatoms. The Hall–Kier alpha value is -2.55. The number of hydrogen-bond donors (Lipinski definition) is 2. The number of aliphatic carboxylic acids is 1. The first kappa shape index (κ1) is 19.5. The van der Waals surface area contributed by atoms with Gasteiger partial charge in [0.15, 0.2) is 11.6 Å². The summed E-state index contributed by atoms with van der Waals surface area (Å²) in [5.74, 6) is 4.21. The van der Waals surface area contributed by atoms with Crippen molar-refractivity contribution in [1.29, 1.82) is 0 Å². The number of carbonyl (C=O) groups is 2. The van der Waals surface area contributed by atoms with Gasteiger partial charge in [-0.25, -0.2) is 4.39 Å². The molecule has 1 amide bonds. The molecule has 0 bridgehead atoms. The Labute approximate surface area is 141 Å². The van der Waals surface area contributed by atoms with Gasteiger partial charge in [0.25, 0.3) is 0 Å². The van der Waals surface area contributed by atoms with E-state index in [4.69, 9.17) is 15.6 Å². The summed E-state index contributed by atoms with van der Waals surface area (Å²) in [7, 11) is 0. The molecular formula is C18H22FNO4. The van der Waals surface area contributed by atoms with Crippen molar-refractivity contribution >= 4 is 11.9 Å². The maximum absolute atomic E-state index is 13.8. The number of ether oxygens (including phenoxy) is 1. The van der Waals surface area contributed by atoms with Crippen molar-refractivity contribution in [2.75, 3.05) is 6.61 Å². The van der Waals surface area contributed by atoms with E-state index < -0.39 is 11.8 Å². The summed E-state index contributed by atoms with van der Waals surface area (Å²) in [6.07, 6.45) is 1.87. The highest BCUT2D eigenvalue weighted by Crippen LogP contribution is 2.20. The summed E-state index contributed by atoms with van der Waals surface area (Å²) >= 11 is 0. The van der Waals surface area contributed by atoms with Crippen molar-refractivity contribution in [1.82, 2.24) is 0 Å². The Bertz CT molecular complexity index is 634. The molecule has 0 unspecified atom stereocenters. The first-order chi connectivity index (χ1) is 11.4. The van der Waals surface area contributed by atoms with Crippen LogP contribution < -0.4 is 10.5 Å². The molecule has 0 heterocycles. The minimum absolute atomic E-state index is 0.0719. The zero-order valence-corrected chi connectivity index (χ0v) is 13.7. The van der Waals surface area contributed by atoms with E-state index in [-0.39, 0.29) is 37.0 Å². The van der Waals surface area contributed by atoms with Gasteiger partial charge in [-0.3, -0.25) is 9.59 Å². The number of carboxylic acid groups (broad SMARTS) is 1. The van der Waals surface area contributed by atoms with E-state index >= 15 is 0 Å². The van der Waals surface area contributed by atoms with Crippen LogP contribution in [0.5, 0.6) is 5.75 Å². The average Bonchev–Trinajstić information content (AvgIpc) is 2.52. The minimum Gasteiger partial charge on any atom is -0.490 e. The summed E-state index contributed by atoms with van der Waals surface area (Å²) in [6, 6.07) is 4.34. The second-order valence-corrected chi connectivity index (χ2v) is 5.62. The first-order valence-electron chi connectivity index (χ1n) is 7.79. The van der Waals surface area contributed by atoms with E-state index in [0.717, 1.165) is 0 Å². The topological polar surface area (TPSA) is 89.6 Å². The van der Waals surface area contributed by atoms with Gasteiger partial charge in [-0.15, -0.1) is 0 Å². The van der Waals surface area contributed by atoms with Crippen LogP contribution in [0.1, 0.15) is 44.6 Å². The van der Waals surface area contributed by atoms with Crippen LogP contribution in [0.2, 0.25) is 0 Å². The second kappa shape index (κ2) is 10.3. The summed E-state index contributed by atoms with van der Waals surface area (Å²) in [5, 5.41) is 8.54. The molecule has 0 aliphatic heterocycles. The maximum Gasteiger partial charge on any atom is 0.303 e. The van der Waals surface area contributed by atoms with Crippen LogP contribution in [0.15, 0.2) is 18.2 Å². The number of carbonyl (C=O) groups excluding carboxylic acids is 1. The van der Waals surface area contributed by atoms with Gasteiger partial charge in [0, 0.05) is 24.8 Å². The predicted molar refractivity (Wildman–Crippen MR) is 87.9 cm³/mol. The SMILES string of the molecule is C[C@@H](CCC(N)=O)COc1cc(C#CCCCC(=O)O)ccc1F. The van der Waals surface area contributed by atoms with E-state index in [2.05, 4.69) is 11.8 Å². The molecule has 0 aromatic heterocycles. The number of carboxylic acids is 1. The van der Waals surface area contributed by atoms with Gasteiger partial charge < -0.3 is 15.6 Å². The first-order valence-corrected chi connectivity index (χ1v) is 7.79. The monoisotopic (exact) mass is 335 g/mol. The van der Waals surface area contributed by atoms with E-state index in [9.17, 15) is 14.0 Å². The number of nitrogens with two attached hydrogens (primary N) is 1. The van der Waals surface area contributed by atoms with Crippen LogP contribution >= 0.6 is 0 Å². The molecule has 1 aromatic carbocycles. The lowest BCUT2D eigenvalue weighted by Gasteiger charge is -2.13. The second-order valence-electron chi connectivity index (χ2n) is 5.62. The van der Waals surface area contributed by atoms with Crippen LogP contribution in [-0.2, 0) is 9.59 Å². The molecule has 0 radical (unpaired) electrons. The smallest absolute Gasteiger partial charge is 0.303 e. The van der Waals surface area contributed by atoms with Crippen molar-refractivity contribution in [2.45, 2.75) is 39.0 Å². The molecule has 0 aliphatic carbocycles. The number of unbranched alkanes of at least 4 members (excludes halogenated alkanes) is 1. The number of amides is 1. The number of primary amides is 1. The molecule has 5 nitrogen and oxygen atoms in total. The highest BCUT2D eigenvalue weighted by Gasteiger charge is 2.09. The van der Waals surface area contributed by atoms with Crippen LogP contribution in [0.25, 0.3) is 0 Å². The summed E-state index contributed by atoms with van der Waals surface area (Å²) in [6.45, 7) is 2.17. The average molecular weight is 335 g/mol. The van der Waals surface area contributed by atoms with Gasteiger partial charge >= 0.3 is 5.97 Å². The van der Waals surface area contributed by atoms with Crippen LogP contribution in [-0.4, -0.2) is 23.6 Å². The Morgan fingerprint density at radius 2 is 2.12 bits per heavy atom. The lowest BCUT2D eigenvalue weighted by Crippen LogP contribution is -2.15. The lowest BCUT2D eigenvalue weighted by atomic mass is 10.1. The van der Waals surface area contributed by atoms with E-state index in [1.54, 1.807) is 6.07 Å². The van der Waals surface area contributed by atoms with Crippen molar-refractivity contribution < 1.29 is 23.8 Å². The Balaban J connectivity index is 2.55. The molecule has 1 rings (SSSR count). The standard InChI is InChI=1S/C18H22FNO4/c1-13(7-10-17(20)21)12-24-16-11-14(8-9-15(16)19)5-3-2-4-6-18(22)23/h8-9,11,13H,2,4,6-7,10,12H2,1H3,(H2,20,21)(H,22,23)/t13-/m0/s1. The number of rotatable bonds is 9. The molecule has 0 aliphatic rings. The lowest BCUT2D eigenvalue weighted by molar-refractivity contribution is -0.137. The highest BCUT2D eigenvalue weighted by atomic mass is 19.1. The Morgan fingerprint density at radius 3 is 2.79 bits per heavy atom. The van der Waals surface area contributed by atoms with Crippen molar-refractivity contribution in [3.8, 4) is 17.6 Å². The molecule has 130 valence electrons. The zero-order chi connectivity index (χ0) is 17.9. The molecule has 0 saturated carbocycles. The molecule has 24 heavy (non-hydrogen) atoms. The maximum atomic E-state index is 13.8. The zero-order valence-electron chi connectivity index (χ0n) is 13.7. The fourth-order valence-electron chi connectivity index (χ4n) is 1.89. The van der Waals surface area contributed by atoms with Crippen molar-refractivity contribution in [3.63, 3.8) is 0 Å². The molecule has 1 aromatic rings. The molecule has 0 spiro atoms. The largest absolute Gasteiger partial charge is 0.490 e. The highest BCUT2D eigenvalue weighted by molar-refractivity contribution is 5.73. The summed E-state index contributed by atoms with van der Waals surface area (Å²) in [5.41, 5.74) is 5.69. The van der Waals surface area contributed by atoms with E-state index in [1.165, 1.54) is 12.1 Å². The third-order valence-electron chi connectivity index (χ3n) is 3.26. The van der Waals surface area contributed by atoms with Crippen molar-refractivity contribution in [3.05, 3.63) is 29.6 Å². The third-order valence-corrected chi connectivity index (χ3v) is 3.26. The molecule has 0 saturated heterocycles. The van der Waals surface area contributed by atoms with Crippen LogP contribution in [0.3, 0.4) is 0 Å². The summed E-state index contributed by atoms with van der Waals surface area (Å²) < 4.78 is 19.2. The normalized spacial score (nSPS) is 11.2. The van der Waals surface area contributed by atoms with Gasteiger partial charge in [0.1, 0.15) is 0 Å². The van der Waals surface area contributed by atoms with Gasteiger partial charge in [-0.05, 0) is 37.0 Å². The quantitative estimate of drug-likeness (QED) is 0.536. The van der Waals surface area contributed by atoms with E-state index in [0.29, 0.717) is 24.8 Å². The molecule has 1 atom stereocenters. The molecule has 0 fully saturated rings. The summed E-state index contributed by atoms with van der Waals surface area (Å²) in [4.78, 5) is 21.1. The molecular weight excluding hydrogens is 313 g/mol. The van der Waals surface area contributed by atoms with Crippen LogP contribution in [0.4, 0.5) is 4.39 Å². The van der Waals surface area contributed by atoms with Gasteiger partial charge in [-0.1, -0.05) is 18.8 Å². The number of hydrogen-bond acceptors (Lipinski definition) is 3. The predicted octanol–water partition coefficient (Wildman–Crippen LogP) is 2.71. The number of benzene rings is 1. The third kappa shape index (κ3) is 8.18. The van der Waals surface area contributed by atoms with Gasteiger partial charge in [-0.2, -0.15) is 0 Å². The fourth-order valence-corrected chi connectivity index (χ4v) is 1.89. The molecule has 3 N–H and O–H groups in total. The van der Waals surface area contributed by atoms with Crippen molar-refractivity contribution in [2.24, 2.45) is 11.7 Å². The van der Waals surface area contributed by atoms with Gasteiger partial charge in [0.05, 0.1) is 6.61 Å². The van der Waals surface area contributed by atoms with Gasteiger partial charge in [0.2, 0.25) is 5.91 Å².